The molecule has 1 aliphatic rings. The third-order valence-electron chi connectivity index (χ3n) is 4.60. The number of halogens is 2. The van der Waals surface area contributed by atoms with Crippen LogP contribution in [0.2, 0.25) is 10.0 Å². The maximum absolute atomic E-state index is 12.0. The van der Waals surface area contributed by atoms with Crippen molar-refractivity contribution in [3.63, 3.8) is 0 Å². The van der Waals surface area contributed by atoms with Gasteiger partial charge in [0.15, 0.2) is 11.9 Å². The normalized spacial score (nSPS) is 16.2. The highest BCUT2D eigenvalue weighted by Gasteiger charge is 2.39. The number of hydrogen-bond acceptors (Lipinski definition) is 4. The fourth-order valence-electron chi connectivity index (χ4n) is 3.34. The molecule has 25 heavy (non-hydrogen) atoms. The van der Waals surface area contributed by atoms with Crippen molar-refractivity contribution in [2.45, 2.75) is 38.5 Å². The minimum atomic E-state index is -3.11. The average molecular weight is 407 g/mol. The van der Waals surface area contributed by atoms with Gasteiger partial charge in [0.2, 0.25) is 0 Å². The highest BCUT2D eigenvalue weighted by atomic mass is 35.5. The molecule has 0 heterocycles. The minimum Gasteiger partial charge on any atom is -0.310 e. The number of hydrogen-bond donors (Lipinski definition) is 3. The highest BCUT2D eigenvalue weighted by molar-refractivity contribution is 7.65. The first-order chi connectivity index (χ1) is 11.9. The number of rotatable bonds is 9. The fourth-order valence-corrected chi connectivity index (χ4v) is 5.66. The lowest BCUT2D eigenvalue weighted by Gasteiger charge is -2.23. The Bertz CT molecular complexity index is 577. The molecule has 0 atom stereocenters. The van der Waals surface area contributed by atoms with Crippen molar-refractivity contribution in [1.82, 2.24) is 5.32 Å². The molecule has 0 bridgehead atoms. The molecule has 1 fully saturated rings. The van der Waals surface area contributed by atoms with E-state index in [4.69, 9.17) is 23.2 Å². The van der Waals surface area contributed by atoms with Crippen molar-refractivity contribution in [1.29, 1.82) is 0 Å². The molecule has 0 saturated heterocycles. The van der Waals surface area contributed by atoms with Crippen LogP contribution in [0.4, 0.5) is 0 Å². The van der Waals surface area contributed by atoms with E-state index in [9.17, 15) is 14.6 Å². The van der Waals surface area contributed by atoms with Crippen molar-refractivity contribution in [2.24, 2.45) is 5.92 Å². The van der Waals surface area contributed by atoms with E-state index < -0.39 is 7.72 Å². The fraction of sp³-hybridized carbons (Fsp3) is 0.611. The summed E-state index contributed by atoms with van der Waals surface area (Å²) in [5.41, 5.74) is 1.04. The Balaban J connectivity index is 1.66. The smallest absolute Gasteiger partial charge is 0.275 e. The monoisotopic (exact) mass is 406 g/mol. The zero-order valence-electron chi connectivity index (χ0n) is 14.4. The molecule has 2 rings (SSSR count). The summed E-state index contributed by atoms with van der Waals surface area (Å²) in [5.74, 6) is 0.232. The molecule has 0 amide bonds. The van der Waals surface area contributed by atoms with Crippen LogP contribution in [-0.4, -0.2) is 41.0 Å². The van der Waals surface area contributed by atoms with Crippen LogP contribution in [0.15, 0.2) is 18.2 Å². The molecule has 1 aromatic rings. The zero-order chi connectivity index (χ0) is 18.3. The minimum absolute atomic E-state index is 0.108. The van der Waals surface area contributed by atoms with E-state index in [0.717, 1.165) is 37.7 Å². The van der Waals surface area contributed by atoms with E-state index in [1.165, 1.54) is 6.42 Å². The van der Waals surface area contributed by atoms with Crippen molar-refractivity contribution < 1.29 is 14.6 Å². The van der Waals surface area contributed by atoms with Gasteiger partial charge in [0.1, 0.15) is 6.16 Å². The Labute approximate surface area is 160 Å². The van der Waals surface area contributed by atoms with Crippen molar-refractivity contribution in [3.8, 4) is 0 Å². The zero-order valence-corrected chi connectivity index (χ0v) is 16.8. The Morgan fingerprint density at radius 1 is 1.16 bits per heavy atom. The summed E-state index contributed by atoms with van der Waals surface area (Å²) >= 11 is 11.8. The van der Waals surface area contributed by atoms with Gasteiger partial charge in [-0.05, 0) is 49.4 Å². The second-order valence-electron chi connectivity index (χ2n) is 6.94. The molecule has 1 aromatic carbocycles. The summed E-state index contributed by atoms with van der Waals surface area (Å²) in [5, 5.41) is 4.11. The van der Waals surface area contributed by atoms with Crippen LogP contribution in [0.1, 0.15) is 37.7 Å². The van der Waals surface area contributed by atoms with E-state index in [2.05, 4.69) is 5.32 Å². The molecule has 0 radical (unpaired) electrons. The van der Waals surface area contributed by atoms with E-state index in [1.807, 2.05) is 12.1 Å². The highest BCUT2D eigenvalue weighted by Crippen LogP contribution is 2.52. The Morgan fingerprint density at radius 2 is 1.88 bits per heavy atom. The van der Waals surface area contributed by atoms with E-state index in [-0.39, 0.29) is 18.5 Å². The second-order valence-corrected chi connectivity index (χ2v) is 10.2. The quantitative estimate of drug-likeness (QED) is 0.426. The van der Waals surface area contributed by atoms with Gasteiger partial charge in [-0.1, -0.05) is 48.5 Å². The predicted molar refractivity (Wildman–Crippen MR) is 106 cm³/mol. The van der Waals surface area contributed by atoms with Gasteiger partial charge in [-0.15, -0.1) is 0 Å². The molecule has 0 aromatic heterocycles. The van der Waals surface area contributed by atoms with Crippen LogP contribution in [0.3, 0.4) is 0 Å². The van der Waals surface area contributed by atoms with Gasteiger partial charge >= 0.3 is 0 Å². The molecule has 1 saturated carbocycles. The number of Topliss-reactive ketones (excluding diaryl/α,β-unsaturated/α-hetero) is 1. The summed E-state index contributed by atoms with van der Waals surface area (Å²) in [6.07, 6.45) is 6.69. The largest absolute Gasteiger partial charge is 0.310 e. The summed E-state index contributed by atoms with van der Waals surface area (Å²) in [6, 6.07) is 5.47. The lowest BCUT2D eigenvalue weighted by Crippen LogP contribution is -2.29. The van der Waals surface area contributed by atoms with Crippen molar-refractivity contribution in [3.05, 3.63) is 33.8 Å². The first-order valence-electron chi connectivity index (χ1n) is 8.85. The predicted octanol–water partition coefficient (Wildman–Crippen LogP) is 4.11. The maximum atomic E-state index is 12.0. The Hall–Kier alpha value is -0.220. The summed E-state index contributed by atoms with van der Waals surface area (Å²) in [7, 11) is -3.11. The summed E-state index contributed by atoms with van der Waals surface area (Å²) in [6.45, 7) is 0.781. The number of carbonyl (C=O) groups is 1. The topological polar surface area (TPSA) is 69.6 Å². The molecule has 4 nitrogen and oxygen atoms in total. The number of carbonyl (C=O) groups excluding carboxylic acids is 1. The van der Waals surface area contributed by atoms with Crippen LogP contribution >= 0.6 is 30.9 Å². The van der Waals surface area contributed by atoms with Crippen LogP contribution in [-0.2, 0) is 11.2 Å². The van der Waals surface area contributed by atoms with Gasteiger partial charge in [0.05, 0.1) is 16.6 Å². The van der Waals surface area contributed by atoms with Gasteiger partial charge < -0.3 is 5.32 Å². The Kier molecular flexibility index (Phi) is 8.60. The van der Waals surface area contributed by atoms with E-state index in [1.54, 1.807) is 6.07 Å². The lowest BCUT2D eigenvalue weighted by molar-refractivity contribution is -0.116. The number of nitrogens with one attached hydrogen (secondary N) is 1. The first kappa shape index (κ1) is 21.1. The molecular formula is C18H27Cl2NO3P+. The molecule has 0 unspecified atom stereocenters. The lowest BCUT2D eigenvalue weighted by atomic mass is 9.91. The van der Waals surface area contributed by atoms with Crippen LogP contribution in [0.5, 0.6) is 0 Å². The SMILES string of the molecule is O=C(CNCCc1ccc(Cl)c(Cl)c1)C[P+](O)(O)CC1CCCCC1. The molecule has 0 aliphatic heterocycles. The van der Waals surface area contributed by atoms with Gasteiger partial charge in [-0.2, -0.15) is 0 Å². The average Bonchev–Trinajstić information content (AvgIpc) is 2.55. The summed E-state index contributed by atoms with van der Waals surface area (Å²) < 4.78 is 0. The molecule has 0 spiro atoms. The van der Waals surface area contributed by atoms with Gasteiger partial charge in [0.25, 0.3) is 7.72 Å². The van der Waals surface area contributed by atoms with Crippen LogP contribution in [0.25, 0.3) is 0 Å². The van der Waals surface area contributed by atoms with Crippen LogP contribution < -0.4 is 5.32 Å². The van der Waals surface area contributed by atoms with Gasteiger partial charge in [-0.3, -0.25) is 4.79 Å². The third kappa shape index (κ3) is 7.90. The molecule has 3 N–H and O–H groups in total. The molecule has 140 valence electrons. The molecule has 7 heteroatoms. The maximum Gasteiger partial charge on any atom is 0.275 e. The standard InChI is InChI=1S/C18H27Cl2NO3P/c19-17-7-6-14(10-18(17)20)8-9-21-11-16(22)13-25(23,24)12-15-4-2-1-3-5-15/h6-7,10,15,21,23-24H,1-5,8-9,11-13H2/q+1. The second kappa shape index (κ2) is 10.2. The van der Waals surface area contributed by atoms with E-state index >= 15 is 0 Å². The molecular weight excluding hydrogens is 380 g/mol. The Morgan fingerprint density at radius 3 is 2.56 bits per heavy atom. The van der Waals surface area contributed by atoms with Crippen molar-refractivity contribution in [2.75, 3.05) is 25.4 Å². The first-order valence-corrected chi connectivity index (χ1v) is 11.7. The van der Waals surface area contributed by atoms with Crippen LogP contribution in [0, 0.1) is 5.92 Å². The number of ketones is 1. The van der Waals surface area contributed by atoms with Crippen molar-refractivity contribution >= 4 is 36.7 Å². The van der Waals surface area contributed by atoms with E-state index in [0.29, 0.717) is 28.7 Å². The van der Waals surface area contributed by atoms with Gasteiger partial charge in [-0.25, -0.2) is 9.79 Å². The number of benzene rings is 1. The summed E-state index contributed by atoms with van der Waals surface area (Å²) in [4.78, 5) is 32.5. The van der Waals surface area contributed by atoms with Gasteiger partial charge in [0, 0.05) is 0 Å². The molecule has 1 aliphatic carbocycles. The third-order valence-corrected chi connectivity index (χ3v) is 7.30.